The van der Waals surface area contributed by atoms with Gasteiger partial charge < -0.3 is 20.3 Å². The van der Waals surface area contributed by atoms with E-state index in [0.29, 0.717) is 18.2 Å². The number of aliphatic hydroxyl groups excluding tert-OH is 1. The van der Waals surface area contributed by atoms with E-state index in [9.17, 15) is 9.90 Å². The summed E-state index contributed by atoms with van der Waals surface area (Å²) in [7, 11) is 0. The smallest absolute Gasteiger partial charge is 0.310 e. The highest BCUT2D eigenvalue weighted by Gasteiger charge is 2.28. The van der Waals surface area contributed by atoms with Crippen molar-refractivity contribution in [1.29, 1.82) is 0 Å². The van der Waals surface area contributed by atoms with E-state index in [1.807, 2.05) is 0 Å². The number of aliphatic hydroxyl groups is 1. The van der Waals surface area contributed by atoms with Crippen molar-refractivity contribution < 1.29 is 19.7 Å². The second-order valence-corrected chi connectivity index (χ2v) is 9.11. The molecule has 1 aliphatic rings. The molecule has 0 fully saturated rings. The summed E-state index contributed by atoms with van der Waals surface area (Å²) in [6.45, 7) is 6.67. The number of hydrogen-bond acceptors (Lipinski definition) is 4. The van der Waals surface area contributed by atoms with Crippen LogP contribution in [0.3, 0.4) is 0 Å². The monoisotopic (exact) mass is 411 g/mol. The molecule has 0 amide bonds. The van der Waals surface area contributed by atoms with E-state index in [1.165, 1.54) is 11.1 Å². The predicted octanol–water partition coefficient (Wildman–Crippen LogP) is 3.79. The van der Waals surface area contributed by atoms with Crippen LogP contribution in [-0.2, 0) is 17.6 Å². The highest BCUT2D eigenvalue weighted by molar-refractivity contribution is 5.75. The Morgan fingerprint density at radius 1 is 1.13 bits per heavy atom. The number of rotatable bonds is 10. The molecule has 2 atom stereocenters. The van der Waals surface area contributed by atoms with Crippen LogP contribution in [0.5, 0.6) is 5.75 Å². The molecule has 162 valence electrons. The quantitative estimate of drug-likeness (QED) is 0.554. The molecular formula is C25H33NO4. The second-order valence-electron chi connectivity index (χ2n) is 9.11. The van der Waals surface area contributed by atoms with Crippen LogP contribution >= 0.6 is 0 Å². The molecule has 0 bridgehead atoms. The fraction of sp³-hybridized carbons (Fsp3) is 0.480. The lowest BCUT2D eigenvalue weighted by Crippen LogP contribution is -2.46. The zero-order valence-electron chi connectivity index (χ0n) is 18.1. The van der Waals surface area contributed by atoms with Gasteiger partial charge in [0.2, 0.25) is 0 Å². The van der Waals surface area contributed by atoms with Gasteiger partial charge in [-0.1, -0.05) is 36.4 Å². The summed E-state index contributed by atoms with van der Waals surface area (Å²) in [4.78, 5) is 11.0. The standard InChI is InChI=1S/C25H33NO4/c1-17(24(28)29)19-8-10-23(11-9-19)30-16-22(27)15-26-25(2,3)14-18-12-20-6-4-5-7-21(20)13-18/h4-11,17-18,22,26-27H,12-16H2,1-3H3,(H,28,29)/t17?,22-/m1/s1. The van der Waals surface area contributed by atoms with E-state index >= 15 is 0 Å². The number of hydrogen-bond donors (Lipinski definition) is 3. The van der Waals surface area contributed by atoms with E-state index in [1.54, 1.807) is 31.2 Å². The lowest BCUT2D eigenvalue weighted by Gasteiger charge is -2.30. The van der Waals surface area contributed by atoms with Gasteiger partial charge in [-0.15, -0.1) is 0 Å². The number of benzene rings is 2. The maximum atomic E-state index is 11.0. The fourth-order valence-electron chi connectivity index (χ4n) is 4.23. The molecule has 0 radical (unpaired) electrons. The Balaban J connectivity index is 1.40. The normalized spacial score (nSPS) is 16.1. The van der Waals surface area contributed by atoms with Crippen molar-refractivity contribution in [2.24, 2.45) is 5.92 Å². The summed E-state index contributed by atoms with van der Waals surface area (Å²) in [6.07, 6.45) is 2.69. The molecule has 0 saturated carbocycles. The van der Waals surface area contributed by atoms with Crippen molar-refractivity contribution in [3.63, 3.8) is 0 Å². The van der Waals surface area contributed by atoms with Crippen LogP contribution in [-0.4, -0.2) is 41.0 Å². The molecule has 0 aromatic heterocycles. The molecule has 3 N–H and O–H groups in total. The number of carboxylic acid groups (broad SMARTS) is 1. The molecule has 0 spiro atoms. The molecule has 1 aliphatic carbocycles. The van der Waals surface area contributed by atoms with Crippen molar-refractivity contribution in [3.8, 4) is 5.75 Å². The van der Waals surface area contributed by atoms with Crippen LogP contribution in [0.15, 0.2) is 48.5 Å². The third-order valence-corrected chi connectivity index (χ3v) is 5.94. The Labute approximate surface area is 179 Å². The molecular weight excluding hydrogens is 378 g/mol. The van der Waals surface area contributed by atoms with Crippen LogP contribution in [0, 0.1) is 5.92 Å². The summed E-state index contributed by atoms with van der Waals surface area (Å²) in [5.74, 6) is -0.152. The predicted molar refractivity (Wildman–Crippen MR) is 118 cm³/mol. The molecule has 2 aromatic rings. The van der Waals surface area contributed by atoms with Gasteiger partial charge in [-0.3, -0.25) is 4.79 Å². The number of β-amino-alcohol motifs (C(OH)–C–C–N with tert-alkyl or cyclic N) is 1. The van der Waals surface area contributed by atoms with Crippen molar-refractivity contribution in [2.45, 2.75) is 57.6 Å². The third kappa shape index (κ3) is 6.07. The van der Waals surface area contributed by atoms with Crippen molar-refractivity contribution in [2.75, 3.05) is 13.2 Å². The zero-order valence-corrected chi connectivity index (χ0v) is 18.1. The Morgan fingerprint density at radius 2 is 1.73 bits per heavy atom. The SMILES string of the molecule is CC(C(=O)O)c1ccc(OC[C@H](O)CNC(C)(C)CC2Cc3ccccc3C2)cc1. The van der Waals surface area contributed by atoms with Crippen LogP contribution in [0.1, 0.15) is 49.8 Å². The molecule has 0 heterocycles. The Kier molecular flexibility index (Phi) is 7.16. The highest BCUT2D eigenvalue weighted by Crippen LogP contribution is 2.31. The number of nitrogens with one attached hydrogen (secondary N) is 1. The van der Waals surface area contributed by atoms with Crippen LogP contribution in [0.2, 0.25) is 0 Å². The molecule has 30 heavy (non-hydrogen) atoms. The highest BCUT2D eigenvalue weighted by atomic mass is 16.5. The summed E-state index contributed by atoms with van der Waals surface area (Å²) in [5.41, 5.74) is 3.60. The topological polar surface area (TPSA) is 78.8 Å². The summed E-state index contributed by atoms with van der Waals surface area (Å²) >= 11 is 0. The van der Waals surface area contributed by atoms with Gasteiger partial charge in [0.1, 0.15) is 18.5 Å². The van der Waals surface area contributed by atoms with Crippen LogP contribution in [0.25, 0.3) is 0 Å². The van der Waals surface area contributed by atoms with Crippen LogP contribution < -0.4 is 10.1 Å². The number of carboxylic acids is 1. The van der Waals surface area contributed by atoms with Gasteiger partial charge in [0, 0.05) is 12.1 Å². The minimum absolute atomic E-state index is 0.0672. The van der Waals surface area contributed by atoms with Crippen molar-refractivity contribution >= 4 is 5.97 Å². The lowest BCUT2D eigenvalue weighted by atomic mass is 9.88. The Hall–Kier alpha value is -2.37. The maximum Gasteiger partial charge on any atom is 0.310 e. The third-order valence-electron chi connectivity index (χ3n) is 5.94. The Bertz CT molecular complexity index is 821. The van der Waals surface area contributed by atoms with E-state index in [2.05, 4.69) is 43.4 Å². The number of ether oxygens (including phenoxy) is 1. The van der Waals surface area contributed by atoms with Crippen LogP contribution in [0.4, 0.5) is 0 Å². The molecule has 0 aliphatic heterocycles. The van der Waals surface area contributed by atoms with Gasteiger partial charge in [0.15, 0.2) is 0 Å². The average molecular weight is 412 g/mol. The first-order chi connectivity index (χ1) is 14.2. The summed E-state index contributed by atoms with van der Waals surface area (Å²) in [6, 6.07) is 15.7. The largest absolute Gasteiger partial charge is 0.491 e. The molecule has 0 saturated heterocycles. The average Bonchev–Trinajstić information content (AvgIpc) is 3.12. The molecule has 5 nitrogen and oxygen atoms in total. The minimum Gasteiger partial charge on any atom is -0.491 e. The van der Waals surface area contributed by atoms with E-state index < -0.39 is 18.0 Å². The second kappa shape index (κ2) is 9.63. The first kappa shape index (κ1) is 22.3. The van der Waals surface area contributed by atoms with Gasteiger partial charge >= 0.3 is 5.97 Å². The van der Waals surface area contributed by atoms with Crippen molar-refractivity contribution in [3.05, 3.63) is 65.2 Å². The fourth-order valence-corrected chi connectivity index (χ4v) is 4.23. The van der Waals surface area contributed by atoms with Crippen molar-refractivity contribution in [1.82, 2.24) is 5.32 Å². The summed E-state index contributed by atoms with van der Waals surface area (Å²) < 4.78 is 5.67. The zero-order chi connectivity index (χ0) is 21.7. The lowest BCUT2D eigenvalue weighted by molar-refractivity contribution is -0.138. The molecule has 5 heteroatoms. The van der Waals surface area contributed by atoms with Gasteiger partial charge in [0.25, 0.3) is 0 Å². The van der Waals surface area contributed by atoms with Gasteiger partial charge in [-0.2, -0.15) is 0 Å². The number of fused-ring (bicyclic) bond motifs is 1. The van der Waals surface area contributed by atoms with Gasteiger partial charge in [-0.05, 0) is 74.8 Å². The molecule has 3 rings (SSSR count). The Morgan fingerprint density at radius 3 is 2.30 bits per heavy atom. The minimum atomic E-state index is -0.853. The van der Waals surface area contributed by atoms with E-state index in [4.69, 9.17) is 9.84 Å². The molecule has 2 aromatic carbocycles. The first-order valence-electron chi connectivity index (χ1n) is 10.7. The van der Waals surface area contributed by atoms with Gasteiger partial charge in [0.05, 0.1) is 5.92 Å². The summed E-state index contributed by atoms with van der Waals surface area (Å²) in [5, 5.41) is 22.9. The number of aliphatic carboxylic acids is 1. The van der Waals surface area contributed by atoms with E-state index in [-0.39, 0.29) is 12.1 Å². The van der Waals surface area contributed by atoms with Gasteiger partial charge in [-0.25, -0.2) is 0 Å². The number of carbonyl (C=O) groups is 1. The first-order valence-corrected chi connectivity index (χ1v) is 10.7. The maximum absolute atomic E-state index is 11.0. The van der Waals surface area contributed by atoms with E-state index in [0.717, 1.165) is 24.8 Å². The molecule has 1 unspecified atom stereocenters.